The Labute approximate surface area is 74.8 Å². The van der Waals surface area contributed by atoms with Gasteiger partial charge in [0.25, 0.3) is 0 Å². The average Bonchev–Trinajstić information content (AvgIpc) is 2.18. The van der Waals surface area contributed by atoms with Crippen LogP contribution in [-0.2, 0) is 4.79 Å². The summed E-state index contributed by atoms with van der Waals surface area (Å²) in [6, 6.07) is 4.93. The van der Waals surface area contributed by atoms with E-state index < -0.39 is 5.97 Å². The number of rotatable bonds is 2. The van der Waals surface area contributed by atoms with Crippen molar-refractivity contribution < 1.29 is 9.53 Å². The van der Waals surface area contributed by atoms with Gasteiger partial charge in [-0.15, -0.1) is 0 Å². The third-order valence-corrected chi connectivity index (χ3v) is 1.27. The summed E-state index contributed by atoms with van der Waals surface area (Å²) < 4.78 is 4.69. The van der Waals surface area contributed by atoms with Crippen molar-refractivity contribution in [1.29, 1.82) is 5.26 Å². The standard InChI is InChI=1S/C8H7N3O2/c9-4-6-2-1-3-11-8(6)13-7(12)5-10/h1-3H,5,10H2. The van der Waals surface area contributed by atoms with Gasteiger partial charge >= 0.3 is 5.97 Å². The molecule has 0 fully saturated rings. The Kier molecular flexibility index (Phi) is 2.95. The van der Waals surface area contributed by atoms with Gasteiger partial charge in [0.15, 0.2) is 0 Å². The van der Waals surface area contributed by atoms with Gasteiger partial charge in [-0.1, -0.05) is 0 Å². The quantitative estimate of drug-likeness (QED) is 0.633. The SMILES string of the molecule is N#Cc1cccnc1OC(=O)CN. The van der Waals surface area contributed by atoms with Crippen LogP contribution in [0.1, 0.15) is 5.56 Å². The Hall–Kier alpha value is -1.93. The largest absolute Gasteiger partial charge is 0.405 e. The van der Waals surface area contributed by atoms with Gasteiger partial charge in [0.1, 0.15) is 11.6 Å². The molecule has 0 atom stereocenters. The van der Waals surface area contributed by atoms with Crippen LogP contribution in [0.2, 0.25) is 0 Å². The summed E-state index contributed by atoms with van der Waals surface area (Å²) in [6.07, 6.45) is 1.43. The number of hydrogen-bond donors (Lipinski definition) is 1. The Morgan fingerprint density at radius 3 is 3.15 bits per heavy atom. The summed E-state index contributed by atoms with van der Waals surface area (Å²) in [5, 5.41) is 8.59. The van der Waals surface area contributed by atoms with E-state index in [0.717, 1.165) is 0 Å². The number of nitriles is 1. The first kappa shape index (κ1) is 9.16. The van der Waals surface area contributed by atoms with E-state index in [9.17, 15) is 4.79 Å². The van der Waals surface area contributed by atoms with Gasteiger partial charge in [-0.3, -0.25) is 4.79 Å². The van der Waals surface area contributed by atoms with Crippen molar-refractivity contribution >= 4 is 5.97 Å². The van der Waals surface area contributed by atoms with Crippen LogP contribution in [0.3, 0.4) is 0 Å². The zero-order valence-electron chi connectivity index (χ0n) is 6.73. The lowest BCUT2D eigenvalue weighted by atomic mass is 10.3. The van der Waals surface area contributed by atoms with E-state index in [-0.39, 0.29) is 18.0 Å². The fourth-order valence-corrected chi connectivity index (χ4v) is 0.707. The Morgan fingerprint density at radius 1 is 1.77 bits per heavy atom. The van der Waals surface area contributed by atoms with Crippen LogP contribution in [0, 0.1) is 11.3 Å². The number of esters is 1. The van der Waals surface area contributed by atoms with Gasteiger partial charge in [-0.2, -0.15) is 5.26 Å². The van der Waals surface area contributed by atoms with Gasteiger partial charge < -0.3 is 10.5 Å². The number of carbonyl (C=O) groups excluding carboxylic acids is 1. The van der Waals surface area contributed by atoms with E-state index in [1.54, 1.807) is 6.07 Å². The first-order valence-electron chi connectivity index (χ1n) is 3.53. The first-order valence-corrected chi connectivity index (χ1v) is 3.53. The predicted molar refractivity (Wildman–Crippen MR) is 43.6 cm³/mol. The van der Waals surface area contributed by atoms with E-state index in [2.05, 4.69) is 9.72 Å². The molecule has 1 rings (SSSR count). The number of nitrogens with two attached hydrogens (primary N) is 1. The molecule has 66 valence electrons. The summed E-state index contributed by atoms with van der Waals surface area (Å²) >= 11 is 0. The smallest absolute Gasteiger partial charge is 0.326 e. The molecule has 0 saturated heterocycles. The van der Waals surface area contributed by atoms with Crippen molar-refractivity contribution in [3.05, 3.63) is 23.9 Å². The lowest BCUT2D eigenvalue weighted by Crippen LogP contribution is -2.20. The number of ether oxygens (including phenoxy) is 1. The molecule has 5 nitrogen and oxygen atoms in total. The van der Waals surface area contributed by atoms with Crippen LogP contribution < -0.4 is 10.5 Å². The van der Waals surface area contributed by atoms with Crippen molar-refractivity contribution in [3.63, 3.8) is 0 Å². The van der Waals surface area contributed by atoms with Crippen molar-refractivity contribution in [3.8, 4) is 11.9 Å². The Morgan fingerprint density at radius 2 is 2.54 bits per heavy atom. The number of carbonyl (C=O) groups is 1. The maximum Gasteiger partial charge on any atom is 0.326 e. The van der Waals surface area contributed by atoms with Crippen molar-refractivity contribution in [1.82, 2.24) is 4.98 Å². The molecule has 5 heteroatoms. The molecule has 0 radical (unpaired) electrons. The normalized spacial score (nSPS) is 8.92. The maximum atomic E-state index is 10.8. The fourth-order valence-electron chi connectivity index (χ4n) is 0.707. The van der Waals surface area contributed by atoms with Gasteiger partial charge in [0.05, 0.1) is 6.54 Å². The second kappa shape index (κ2) is 4.18. The molecule has 0 unspecified atom stereocenters. The fraction of sp³-hybridized carbons (Fsp3) is 0.125. The molecule has 0 bridgehead atoms. The third kappa shape index (κ3) is 2.25. The van der Waals surface area contributed by atoms with Crippen molar-refractivity contribution in [2.45, 2.75) is 0 Å². The number of nitrogens with zero attached hydrogens (tertiary/aromatic N) is 2. The predicted octanol–water partition coefficient (Wildman–Crippen LogP) is -0.183. The highest BCUT2D eigenvalue weighted by Gasteiger charge is 2.07. The minimum Gasteiger partial charge on any atom is -0.405 e. The van der Waals surface area contributed by atoms with Crippen LogP contribution in [0.5, 0.6) is 5.88 Å². The van der Waals surface area contributed by atoms with Crippen molar-refractivity contribution in [2.24, 2.45) is 5.73 Å². The number of hydrogen-bond acceptors (Lipinski definition) is 5. The topological polar surface area (TPSA) is 89.0 Å². The number of aromatic nitrogens is 1. The molecule has 0 saturated carbocycles. The van der Waals surface area contributed by atoms with Crippen LogP contribution in [0.25, 0.3) is 0 Å². The highest BCUT2D eigenvalue weighted by molar-refractivity contribution is 5.74. The van der Waals surface area contributed by atoms with E-state index in [4.69, 9.17) is 11.0 Å². The minimum atomic E-state index is -0.616. The second-order valence-corrected chi connectivity index (χ2v) is 2.15. The lowest BCUT2D eigenvalue weighted by Gasteiger charge is -2.01. The maximum absolute atomic E-state index is 10.8. The molecule has 2 N–H and O–H groups in total. The molecule has 0 aliphatic heterocycles. The zero-order valence-corrected chi connectivity index (χ0v) is 6.73. The second-order valence-electron chi connectivity index (χ2n) is 2.15. The molecule has 13 heavy (non-hydrogen) atoms. The van der Waals surface area contributed by atoms with Crippen LogP contribution in [0.15, 0.2) is 18.3 Å². The molecule has 0 aliphatic rings. The lowest BCUT2D eigenvalue weighted by molar-refractivity contribution is -0.133. The molecule has 0 amide bonds. The molecule has 1 heterocycles. The summed E-state index contributed by atoms with van der Waals surface area (Å²) in [7, 11) is 0. The summed E-state index contributed by atoms with van der Waals surface area (Å²) in [5.74, 6) is -0.615. The van der Waals surface area contributed by atoms with Crippen LogP contribution in [-0.4, -0.2) is 17.5 Å². The molecule has 1 aromatic heterocycles. The Bertz CT molecular complexity index is 357. The highest BCUT2D eigenvalue weighted by Crippen LogP contribution is 2.12. The monoisotopic (exact) mass is 177 g/mol. The van der Waals surface area contributed by atoms with Crippen LogP contribution in [0.4, 0.5) is 0 Å². The van der Waals surface area contributed by atoms with Gasteiger partial charge in [-0.25, -0.2) is 4.98 Å². The summed E-state index contributed by atoms with van der Waals surface area (Å²) in [4.78, 5) is 14.5. The van der Waals surface area contributed by atoms with E-state index in [1.165, 1.54) is 12.3 Å². The van der Waals surface area contributed by atoms with Gasteiger partial charge in [-0.05, 0) is 12.1 Å². The molecule has 0 spiro atoms. The summed E-state index contributed by atoms with van der Waals surface area (Å²) in [6.45, 7) is -0.235. The van der Waals surface area contributed by atoms with Gasteiger partial charge in [0, 0.05) is 6.20 Å². The molecular weight excluding hydrogens is 170 g/mol. The van der Waals surface area contributed by atoms with Crippen molar-refractivity contribution in [2.75, 3.05) is 6.54 Å². The van der Waals surface area contributed by atoms with E-state index >= 15 is 0 Å². The molecular formula is C8H7N3O2. The summed E-state index contributed by atoms with van der Waals surface area (Å²) in [5.41, 5.74) is 5.24. The first-order chi connectivity index (χ1) is 6.27. The average molecular weight is 177 g/mol. The molecule has 0 aromatic carbocycles. The van der Waals surface area contributed by atoms with Crippen LogP contribution >= 0.6 is 0 Å². The third-order valence-electron chi connectivity index (χ3n) is 1.27. The highest BCUT2D eigenvalue weighted by atomic mass is 16.5. The zero-order chi connectivity index (χ0) is 9.68. The Balaban J connectivity index is 2.89. The number of pyridine rings is 1. The minimum absolute atomic E-state index is 0.000417. The van der Waals surface area contributed by atoms with E-state index in [1.807, 2.05) is 6.07 Å². The van der Waals surface area contributed by atoms with Gasteiger partial charge in [0.2, 0.25) is 5.88 Å². The molecule has 0 aliphatic carbocycles. The van der Waals surface area contributed by atoms with E-state index in [0.29, 0.717) is 0 Å². The molecule has 1 aromatic rings.